The Morgan fingerprint density at radius 2 is 1.59 bits per heavy atom. The molecule has 3 nitrogen and oxygen atoms in total. The molecule has 0 amide bonds. The van der Waals surface area contributed by atoms with E-state index in [-0.39, 0.29) is 23.6 Å². The van der Waals surface area contributed by atoms with Crippen molar-refractivity contribution in [2.24, 2.45) is 0 Å². The molecule has 0 bridgehead atoms. The Morgan fingerprint density at radius 1 is 1.00 bits per heavy atom. The molecule has 27 heavy (non-hydrogen) atoms. The molecule has 0 radical (unpaired) electrons. The number of thioether (sulfide) groups is 1. The van der Waals surface area contributed by atoms with Gasteiger partial charge in [0.25, 0.3) is 5.56 Å². The molecule has 1 N–H and O–H groups in total. The summed E-state index contributed by atoms with van der Waals surface area (Å²) in [6.07, 6.45) is 0.275. The van der Waals surface area contributed by atoms with Crippen LogP contribution in [0.5, 0.6) is 0 Å². The molecule has 0 aliphatic heterocycles. The third-order valence-electron chi connectivity index (χ3n) is 4.03. The summed E-state index contributed by atoms with van der Waals surface area (Å²) in [4.78, 5) is 19.7. The summed E-state index contributed by atoms with van der Waals surface area (Å²) in [7, 11) is 0. The molecule has 0 atom stereocenters. The van der Waals surface area contributed by atoms with Gasteiger partial charge in [0.1, 0.15) is 5.82 Å². The molecule has 0 aliphatic carbocycles. The molecule has 0 fully saturated rings. The van der Waals surface area contributed by atoms with Crippen molar-refractivity contribution in [3.05, 3.63) is 90.0 Å². The standard InChI is InChI=1S/C19H14Cl3FN2OS/c1-10-11(8-12-14(20)4-2-5-15(12)21)18(26)25-19(24-10)27-9-13-16(22)6-3-7-17(13)23/h2-7H,8-9H2,1H3,(H,24,25,26). The molecule has 1 heterocycles. The Morgan fingerprint density at radius 3 is 2.19 bits per heavy atom. The highest BCUT2D eigenvalue weighted by molar-refractivity contribution is 7.98. The van der Waals surface area contributed by atoms with Crippen LogP contribution >= 0.6 is 46.6 Å². The maximum atomic E-state index is 13.9. The van der Waals surface area contributed by atoms with Crippen molar-refractivity contribution >= 4 is 46.6 Å². The van der Waals surface area contributed by atoms with Gasteiger partial charge in [0.05, 0.1) is 0 Å². The van der Waals surface area contributed by atoms with Gasteiger partial charge in [-0.3, -0.25) is 4.79 Å². The summed E-state index contributed by atoms with van der Waals surface area (Å²) < 4.78 is 13.9. The first-order valence-corrected chi connectivity index (χ1v) is 10.1. The van der Waals surface area contributed by atoms with Crippen LogP contribution in [0.2, 0.25) is 15.1 Å². The van der Waals surface area contributed by atoms with Gasteiger partial charge in [0.2, 0.25) is 0 Å². The molecule has 8 heteroatoms. The van der Waals surface area contributed by atoms with E-state index in [4.69, 9.17) is 34.8 Å². The van der Waals surface area contributed by atoms with Gasteiger partial charge in [-0.15, -0.1) is 0 Å². The first-order valence-electron chi connectivity index (χ1n) is 7.95. The van der Waals surface area contributed by atoms with Crippen molar-refractivity contribution in [2.75, 3.05) is 0 Å². The molecule has 3 aromatic rings. The number of aromatic nitrogens is 2. The van der Waals surface area contributed by atoms with Gasteiger partial charge >= 0.3 is 0 Å². The minimum Gasteiger partial charge on any atom is -0.301 e. The molecule has 1 aromatic heterocycles. The summed E-state index contributed by atoms with van der Waals surface area (Å²) in [5.41, 5.74) is 1.82. The summed E-state index contributed by atoms with van der Waals surface area (Å²) in [5, 5.41) is 1.72. The van der Waals surface area contributed by atoms with Crippen molar-refractivity contribution in [1.29, 1.82) is 0 Å². The van der Waals surface area contributed by atoms with Crippen LogP contribution in [0.3, 0.4) is 0 Å². The van der Waals surface area contributed by atoms with Crippen LogP contribution < -0.4 is 5.56 Å². The Kier molecular flexibility index (Phi) is 6.48. The average Bonchev–Trinajstić information content (AvgIpc) is 2.60. The van der Waals surface area contributed by atoms with Crippen molar-refractivity contribution in [3.8, 4) is 0 Å². The number of nitrogens with zero attached hydrogens (tertiary/aromatic N) is 1. The van der Waals surface area contributed by atoms with E-state index in [9.17, 15) is 9.18 Å². The zero-order valence-corrected chi connectivity index (χ0v) is 17.2. The number of aryl methyl sites for hydroxylation is 1. The second-order valence-corrected chi connectivity index (χ2v) is 7.99. The van der Waals surface area contributed by atoms with Crippen LogP contribution in [0.1, 0.15) is 22.4 Å². The monoisotopic (exact) mass is 442 g/mol. The molecule has 3 rings (SSSR count). The predicted molar refractivity (Wildman–Crippen MR) is 110 cm³/mol. The number of rotatable bonds is 5. The molecule has 0 aliphatic rings. The number of nitrogens with one attached hydrogen (secondary N) is 1. The largest absolute Gasteiger partial charge is 0.301 e. The Bertz CT molecular complexity index is 1020. The highest BCUT2D eigenvalue weighted by Crippen LogP contribution is 2.28. The second-order valence-electron chi connectivity index (χ2n) is 5.80. The van der Waals surface area contributed by atoms with Crippen molar-refractivity contribution in [2.45, 2.75) is 24.3 Å². The van der Waals surface area contributed by atoms with Crippen molar-refractivity contribution < 1.29 is 4.39 Å². The van der Waals surface area contributed by atoms with Gasteiger partial charge in [0.15, 0.2) is 5.16 Å². The molecule has 0 unspecified atom stereocenters. The Hall–Kier alpha value is -1.53. The maximum absolute atomic E-state index is 13.9. The lowest BCUT2D eigenvalue weighted by Crippen LogP contribution is -2.18. The topological polar surface area (TPSA) is 45.8 Å². The second kappa shape index (κ2) is 8.65. The highest BCUT2D eigenvalue weighted by Gasteiger charge is 2.14. The van der Waals surface area contributed by atoms with Crippen molar-refractivity contribution in [3.63, 3.8) is 0 Å². The lowest BCUT2D eigenvalue weighted by atomic mass is 10.1. The van der Waals surface area contributed by atoms with E-state index >= 15 is 0 Å². The summed E-state index contributed by atoms with van der Waals surface area (Å²) in [6, 6.07) is 9.71. The van der Waals surface area contributed by atoms with Crippen LogP contribution in [0, 0.1) is 12.7 Å². The Balaban J connectivity index is 1.84. The van der Waals surface area contributed by atoms with Gasteiger partial charge in [-0.05, 0) is 36.8 Å². The minimum atomic E-state index is -0.390. The van der Waals surface area contributed by atoms with Crippen LogP contribution in [0.25, 0.3) is 0 Å². The average molecular weight is 444 g/mol. The van der Waals surface area contributed by atoms with E-state index in [1.165, 1.54) is 17.8 Å². The summed E-state index contributed by atoms with van der Waals surface area (Å²) in [6.45, 7) is 1.75. The number of hydrogen-bond donors (Lipinski definition) is 1. The van der Waals surface area contributed by atoms with Crippen molar-refractivity contribution in [1.82, 2.24) is 9.97 Å². The highest BCUT2D eigenvalue weighted by atomic mass is 35.5. The molecule has 0 spiro atoms. The minimum absolute atomic E-state index is 0.254. The van der Waals surface area contributed by atoms with E-state index in [0.29, 0.717) is 42.6 Å². The van der Waals surface area contributed by atoms with E-state index in [0.717, 1.165) is 0 Å². The van der Waals surface area contributed by atoms with Crippen LogP contribution in [-0.2, 0) is 12.2 Å². The molecule has 140 valence electrons. The van der Waals surface area contributed by atoms with Crippen LogP contribution in [0.4, 0.5) is 4.39 Å². The molecule has 0 saturated carbocycles. The van der Waals surface area contributed by atoms with Crippen LogP contribution in [0.15, 0.2) is 46.3 Å². The van der Waals surface area contributed by atoms with E-state index < -0.39 is 0 Å². The lowest BCUT2D eigenvalue weighted by Gasteiger charge is -2.10. The quantitative estimate of drug-likeness (QED) is 0.385. The maximum Gasteiger partial charge on any atom is 0.255 e. The zero-order valence-electron chi connectivity index (χ0n) is 14.2. The fourth-order valence-corrected chi connectivity index (χ4v) is 4.33. The number of hydrogen-bond acceptors (Lipinski definition) is 3. The van der Waals surface area contributed by atoms with E-state index in [1.807, 2.05) is 0 Å². The molecular formula is C19H14Cl3FN2OS. The fraction of sp³-hybridized carbons (Fsp3) is 0.158. The summed E-state index contributed by atoms with van der Waals surface area (Å²) >= 11 is 19.6. The van der Waals surface area contributed by atoms with E-state index in [2.05, 4.69) is 9.97 Å². The Labute approximate surface area is 174 Å². The number of H-pyrrole nitrogens is 1. The number of halogens is 4. The lowest BCUT2D eigenvalue weighted by molar-refractivity contribution is 0.617. The first kappa shape index (κ1) is 20.2. The number of aromatic amines is 1. The van der Waals surface area contributed by atoms with Crippen LogP contribution in [-0.4, -0.2) is 9.97 Å². The van der Waals surface area contributed by atoms with Gasteiger partial charge in [-0.25, -0.2) is 9.37 Å². The third kappa shape index (κ3) is 4.66. The fourth-order valence-electron chi connectivity index (χ4n) is 2.55. The molecule has 0 saturated heterocycles. The van der Waals surface area contributed by atoms with E-state index in [1.54, 1.807) is 37.3 Å². The smallest absolute Gasteiger partial charge is 0.255 e. The van der Waals surface area contributed by atoms with Gasteiger partial charge in [-0.2, -0.15) is 0 Å². The summed E-state index contributed by atoms with van der Waals surface area (Å²) in [5.74, 6) is -0.136. The zero-order chi connectivity index (χ0) is 19.6. The SMILES string of the molecule is Cc1nc(SCc2c(F)cccc2Cl)[nH]c(=O)c1Cc1c(Cl)cccc1Cl. The predicted octanol–water partition coefficient (Wildman–Crippen LogP) is 6.06. The third-order valence-corrected chi connectivity index (χ3v) is 5.99. The van der Waals surface area contributed by atoms with Gasteiger partial charge in [0, 0.05) is 44.1 Å². The first-order chi connectivity index (χ1) is 12.9. The van der Waals surface area contributed by atoms with Gasteiger partial charge < -0.3 is 4.98 Å². The molecule has 2 aromatic carbocycles. The van der Waals surface area contributed by atoms with Gasteiger partial charge in [-0.1, -0.05) is 58.7 Å². The normalized spacial score (nSPS) is 11.0. The number of benzene rings is 2. The molecular weight excluding hydrogens is 430 g/mol.